The molecule has 0 aliphatic carbocycles. The number of hydrogen-bond acceptors (Lipinski definition) is 5. The SMILES string of the molecule is CCOC(=O)COC(Cc1cccnc1C)c1ccc(CC(=O)NC(c2ccccc2)c2ccc(C)cc2C)cc1. The predicted octanol–water partition coefficient (Wildman–Crippen LogP) is 6.32. The van der Waals surface area contributed by atoms with E-state index in [0.29, 0.717) is 13.0 Å². The van der Waals surface area contributed by atoms with Gasteiger partial charge in [-0.3, -0.25) is 9.78 Å². The lowest BCUT2D eigenvalue weighted by atomic mass is 9.93. The summed E-state index contributed by atoms with van der Waals surface area (Å²) in [6.45, 7) is 8.05. The summed E-state index contributed by atoms with van der Waals surface area (Å²) in [5, 5.41) is 3.26. The average Bonchev–Trinajstić information content (AvgIpc) is 2.96. The summed E-state index contributed by atoms with van der Waals surface area (Å²) in [7, 11) is 0. The molecule has 1 aromatic heterocycles. The monoisotopic (exact) mass is 550 g/mol. The van der Waals surface area contributed by atoms with Crippen molar-refractivity contribution in [3.8, 4) is 0 Å². The molecule has 4 aromatic rings. The normalized spacial score (nSPS) is 12.4. The van der Waals surface area contributed by atoms with Crippen LogP contribution in [0.25, 0.3) is 0 Å². The zero-order valence-corrected chi connectivity index (χ0v) is 24.2. The van der Waals surface area contributed by atoms with E-state index in [9.17, 15) is 9.59 Å². The number of pyridine rings is 1. The number of esters is 1. The number of rotatable bonds is 12. The fourth-order valence-electron chi connectivity index (χ4n) is 4.96. The van der Waals surface area contributed by atoms with Crippen LogP contribution in [0.2, 0.25) is 0 Å². The molecule has 0 radical (unpaired) electrons. The van der Waals surface area contributed by atoms with Crippen LogP contribution in [0.15, 0.2) is 91.1 Å². The molecule has 3 aromatic carbocycles. The number of amides is 1. The van der Waals surface area contributed by atoms with Gasteiger partial charge in [0, 0.05) is 18.3 Å². The molecule has 0 saturated carbocycles. The first-order chi connectivity index (χ1) is 19.8. The van der Waals surface area contributed by atoms with E-state index in [1.165, 1.54) is 5.56 Å². The van der Waals surface area contributed by atoms with Crippen molar-refractivity contribution in [2.45, 2.75) is 52.7 Å². The zero-order valence-electron chi connectivity index (χ0n) is 24.2. The number of ether oxygens (including phenoxy) is 2. The van der Waals surface area contributed by atoms with Crippen LogP contribution in [0.4, 0.5) is 0 Å². The van der Waals surface area contributed by atoms with Gasteiger partial charge < -0.3 is 14.8 Å². The second-order valence-electron chi connectivity index (χ2n) is 10.2. The van der Waals surface area contributed by atoms with Gasteiger partial charge in [-0.15, -0.1) is 0 Å². The van der Waals surface area contributed by atoms with Crippen LogP contribution in [-0.4, -0.2) is 30.1 Å². The van der Waals surface area contributed by atoms with Crippen molar-refractivity contribution in [3.63, 3.8) is 0 Å². The standard InChI is InChI=1S/C35H38N2O4/c1-5-40-34(39)23-41-32(22-30-12-9-19-36-26(30)4)28-16-14-27(15-17-28)21-33(38)37-35(29-10-7-6-8-11-29)31-18-13-24(2)20-25(31)3/h6-20,32,35H,5,21-23H2,1-4H3,(H,37,38). The Morgan fingerprint density at radius 2 is 1.63 bits per heavy atom. The van der Waals surface area contributed by atoms with Crippen LogP contribution in [0, 0.1) is 20.8 Å². The van der Waals surface area contributed by atoms with Crippen molar-refractivity contribution in [1.82, 2.24) is 10.3 Å². The minimum absolute atomic E-state index is 0.0623. The van der Waals surface area contributed by atoms with Gasteiger partial charge in [-0.05, 0) is 67.1 Å². The maximum absolute atomic E-state index is 13.3. The molecule has 1 N–H and O–H groups in total. The topological polar surface area (TPSA) is 77.5 Å². The molecule has 6 nitrogen and oxygen atoms in total. The first kappa shape index (κ1) is 29.7. The predicted molar refractivity (Wildman–Crippen MR) is 160 cm³/mol. The van der Waals surface area contributed by atoms with Crippen molar-refractivity contribution in [2.75, 3.05) is 13.2 Å². The van der Waals surface area contributed by atoms with E-state index in [0.717, 1.165) is 39.1 Å². The van der Waals surface area contributed by atoms with Crippen molar-refractivity contribution in [3.05, 3.63) is 136 Å². The number of carbonyl (C=O) groups is 2. The summed E-state index contributed by atoms with van der Waals surface area (Å²) in [6.07, 6.45) is 2.20. The fraction of sp³-hybridized carbons (Fsp3) is 0.286. The summed E-state index contributed by atoms with van der Waals surface area (Å²) in [5.74, 6) is -0.460. The van der Waals surface area contributed by atoms with E-state index in [-0.39, 0.29) is 31.1 Å². The van der Waals surface area contributed by atoms with Gasteiger partial charge in [-0.25, -0.2) is 4.79 Å². The van der Waals surface area contributed by atoms with Crippen molar-refractivity contribution in [2.24, 2.45) is 0 Å². The molecule has 0 aliphatic heterocycles. The Kier molecular flexibility index (Phi) is 10.4. The van der Waals surface area contributed by atoms with Crippen molar-refractivity contribution in [1.29, 1.82) is 0 Å². The molecule has 212 valence electrons. The third-order valence-electron chi connectivity index (χ3n) is 7.12. The summed E-state index contributed by atoms with van der Waals surface area (Å²) in [6, 6.07) is 27.8. The van der Waals surface area contributed by atoms with E-state index in [1.54, 1.807) is 13.1 Å². The van der Waals surface area contributed by atoms with Gasteiger partial charge in [0.25, 0.3) is 0 Å². The fourth-order valence-corrected chi connectivity index (χ4v) is 4.96. The summed E-state index contributed by atoms with van der Waals surface area (Å²) in [4.78, 5) is 29.7. The molecular formula is C35H38N2O4. The van der Waals surface area contributed by atoms with E-state index in [4.69, 9.17) is 9.47 Å². The minimum Gasteiger partial charge on any atom is -0.464 e. The molecule has 2 atom stereocenters. The molecule has 2 unspecified atom stereocenters. The van der Waals surface area contributed by atoms with E-state index < -0.39 is 5.97 Å². The minimum atomic E-state index is -0.398. The highest BCUT2D eigenvalue weighted by atomic mass is 16.6. The Morgan fingerprint density at radius 3 is 2.32 bits per heavy atom. The lowest BCUT2D eigenvalue weighted by Crippen LogP contribution is -2.31. The average molecular weight is 551 g/mol. The van der Waals surface area contributed by atoms with Gasteiger partial charge in [0.1, 0.15) is 6.61 Å². The van der Waals surface area contributed by atoms with Gasteiger partial charge in [0.15, 0.2) is 0 Å². The van der Waals surface area contributed by atoms with Gasteiger partial charge in [0.2, 0.25) is 5.91 Å². The van der Waals surface area contributed by atoms with E-state index in [1.807, 2.05) is 73.7 Å². The van der Waals surface area contributed by atoms with Gasteiger partial charge in [-0.2, -0.15) is 0 Å². The van der Waals surface area contributed by atoms with Crippen molar-refractivity contribution < 1.29 is 19.1 Å². The van der Waals surface area contributed by atoms with Crippen LogP contribution in [0.5, 0.6) is 0 Å². The summed E-state index contributed by atoms with van der Waals surface area (Å²) < 4.78 is 11.1. The maximum atomic E-state index is 13.3. The third-order valence-corrected chi connectivity index (χ3v) is 7.12. The van der Waals surface area contributed by atoms with Crippen LogP contribution >= 0.6 is 0 Å². The lowest BCUT2D eigenvalue weighted by molar-refractivity contribution is -0.150. The molecule has 0 aliphatic rings. The molecule has 6 heteroatoms. The van der Waals surface area contributed by atoms with Gasteiger partial charge in [0.05, 0.1) is 25.2 Å². The molecule has 0 spiro atoms. The quantitative estimate of drug-likeness (QED) is 0.209. The van der Waals surface area contributed by atoms with Crippen LogP contribution in [0.1, 0.15) is 63.7 Å². The Hall–Kier alpha value is -4.29. The Bertz CT molecular complexity index is 1450. The number of aryl methyl sites for hydroxylation is 3. The molecule has 0 fully saturated rings. The lowest BCUT2D eigenvalue weighted by Gasteiger charge is -2.22. The summed E-state index contributed by atoms with van der Waals surface area (Å²) in [5.41, 5.74) is 8.21. The molecule has 41 heavy (non-hydrogen) atoms. The third kappa shape index (κ3) is 8.35. The maximum Gasteiger partial charge on any atom is 0.332 e. The molecule has 0 bridgehead atoms. The largest absolute Gasteiger partial charge is 0.464 e. The number of hydrogen-bond donors (Lipinski definition) is 1. The summed E-state index contributed by atoms with van der Waals surface area (Å²) >= 11 is 0. The first-order valence-corrected chi connectivity index (χ1v) is 14.0. The highest BCUT2D eigenvalue weighted by Crippen LogP contribution is 2.27. The van der Waals surface area contributed by atoms with Gasteiger partial charge in [-0.1, -0.05) is 84.4 Å². The molecule has 1 heterocycles. The molecular weight excluding hydrogens is 512 g/mol. The number of nitrogens with zero attached hydrogens (tertiary/aromatic N) is 1. The Morgan fingerprint density at radius 1 is 0.878 bits per heavy atom. The van der Waals surface area contributed by atoms with Crippen LogP contribution in [-0.2, 0) is 31.9 Å². The van der Waals surface area contributed by atoms with Gasteiger partial charge >= 0.3 is 5.97 Å². The Labute approximate surface area is 242 Å². The zero-order chi connectivity index (χ0) is 29.2. The first-order valence-electron chi connectivity index (χ1n) is 14.0. The number of aromatic nitrogens is 1. The second-order valence-corrected chi connectivity index (χ2v) is 10.2. The number of nitrogens with one attached hydrogen (secondary N) is 1. The Balaban J connectivity index is 1.49. The molecule has 0 saturated heterocycles. The van der Waals surface area contributed by atoms with Crippen LogP contribution in [0.3, 0.4) is 0 Å². The van der Waals surface area contributed by atoms with E-state index >= 15 is 0 Å². The molecule has 1 amide bonds. The number of benzene rings is 3. The second kappa shape index (κ2) is 14.4. The van der Waals surface area contributed by atoms with Crippen LogP contribution < -0.4 is 5.32 Å². The molecule has 4 rings (SSSR count). The highest BCUT2D eigenvalue weighted by molar-refractivity contribution is 5.79. The van der Waals surface area contributed by atoms with Crippen molar-refractivity contribution >= 4 is 11.9 Å². The number of carbonyl (C=O) groups excluding carboxylic acids is 2. The smallest absolute Gasteiger partial charge is 0.332 e. The highest BCUT2D eigenvalue weighted by Gasteiger charge is 2.20. The van der Waals surface area contributed by atoms with E-state index in [2.05, 4.69) is 42.3 Å².